The number of carbonyl (C=O) groups is 1. The standard InChI is InChI=1S/C39H41FN6O3/c1-5-24-9-11-30(31(40)18-24)39(4)48-34-8-6-7-28(37(34)49-39)25-13-15-46(16-14-25)21-35-42-32-12-10-27(20-33(32)43-35)41-38(47)26-17-22(2)36-29(19-26)23(3)44-45-36/h6-8,10,12-13,17-20,24,30H,5,9,11,14-16,21H2,1-4H3,(H,41,47)(H,42,43)(H,44,45)/t24?,30-,39?/m1/s1. The minimum Gasteiger partial charge on any atom is -0.448 e. The van der Waals surface area contributed by atoms with Gasteiger partial charge in [-0.15, -0.1) is 0 Å². The van der Waals surface area contributed by atoms with Crippen LogP contribution in [0.4, 0.5) is 10.1 Å². The molecule has 0 saturated heterocycles. The molecule has 3 aromatic carbocycles. The number of aromatic nitrogens is 4. The van der Waals surface area contributed by atoms with Crippen LogP contribution in [0.15, 0.2) is 66.5 Å². The van der Waals surface area contributed by atoms with E-state index in [1.807, 2.05) is 63.2 Å². The van der Waals surface area contributed by atoms with Crippen LogP contribution in [0.2, 0.25) is 0 Å². The van der Waals surface area contributed by atoms with Crippen molar-refractivity contribution in [2.45, 2.75) is 65.7 Å². The fraction of sp³-hybridized carbons (Fsp3) is 0.359. The number of rotatable bonds is 7. The number of ether oxygens (including phenoxy) is 2. The number of benzene rings is 3. The molecule has 49 heavy (non-hydrogen) atoms. The number of allylic oxidation sites excluding steroid dienone is 1. The van der Waals surface area contributed by atoms with Gasteiger partial charge >= 0.3 is 0 Å². The third-order valence-electron chi connectivity index (χ3n) is 10.4. The van der Waals surface area contributed by atoms with Gasteiger partial charge in [0.2, 0.25) is 0 Å². The lowest BCUT2D eigenvalue weighted by Gasteiger charge is -2.34. The summed E-state index contributed by atoms with van der Waals surface area (Å²) in [6.45, 7) is 10.2. The van der Waals surface area contributed by atoms with Crippen LogP contribution in [0.3, 0.4) is 0 Å². The van der Waals surface area contributed by atoms with Gasteiger partial charge in [-0.3, -0.25) is 14.8 Å². The second kappa shape index (κ2) is 12.2. The average Bonchev–Trinajstić information content (AvgIpc) is 3.78. The molecule has 252 valence electrons. The number of aryl methyl sites for hydroxylation is 2. The van der Waals surface area contributed by atoms with E-state index in [2.05, 4.69) is 44.5 Å². The van der Waals surface area contributed by atoms with E-state index < -0.39 is 11.7 Å². The molecule has 3 N–H and O–H groups in total. The Balaban J connectivity index is 0.931. The van der Waals surface area contributed by atoms with Gasteiger partial charge in [-0.2, -0.15) is 5.10 Å². The topological polar surface area (TPSA) is 108 Å². The SMILES string of the molecule is CCC1C=C(F)[C@H](C2(C)Oc3cccc(C4=CCN(Cc5nc6ccc(NC(=O)c7cc(C)c8n[nH]c(C)c8c7)cc6[nH]5)CC4)c3O2)CC1. The Kier molecular flexibility index (Phi) is 7.78. The minimum atomic E-state index is -1.06. The molecule has 1 amide bonds. The van der Waals surface area contributed by atoms with E-state index in [9.17, 15) is 4.79 Å². The van der Waals surface area contributed by atoms with Crippen molar-refractivity contribution in [3.05, 3.63) is 94.7 Å². The predicted octanol–water partition coefficient (Wildman–Crippen LogP) is 8.37. The van der Waals surface area contributed by atoms with Crippen LogP contribution in [0, 0.1) is 25.7 Å². The highest BCUT2D eigenvalue weighted by molar-refractivity contribution is 6.07. The van der Waals surface area contributed by atoms with Crippen molar-refractivity contribution in [3.63, 3.8) is 0 Å². The van der Waals surface area contributed by atoms with Crippen LogP contribution >= 0.6 is 0 Å². The Morgan fingerprint density at radius 3 is 2.82 bits per heavy atom. The summed E-state index contributed by atoms with van der Waals surface area (Å²) in [6, 6.07) is 15.5. The van der Waals surface area contributed by atoms with E-state index >= 15 is 4.39 Å². The first-order valence-corrected chi connectivity index (χ1v) is 17.2. The highest BCUT2D eigenvalue weighted by atomic mass is 19.1. The summed E-state index contributed by atoms with van der Waals surface area (Å²) in [5, 5.41) is 11.3. The molecule has 1 aliphatic carbocycles. The maximum atomic E-state index is 15.2. The molecule has 0 radical (unpaired) electrons. The van der Waals surface area contributed by atoms with Crippen molar-refractivity contribution in [3.8, 4) is 11.5 Å². The van der Waals surface area contributed by atoms with Crippen molar-refractivity contribution in [2.24, 2.45) is 11.8 Å². The molecule has 2 aliphatic heterocycles. The van der Waals surface area contributed by atoms with Crippen molar-refractivity contribution in [1.29, 1.82) is 0 Å². The van der Waals surface area contributed by atoms with Gasteiger partial charge in [0.1, 0.15) is 11.7 Å². The van der Waals surface area contributed by atoms with E-state index in [0.717, 1.165) is 76.9 Å². The van der Waals surface area contributed by atoms with Gasteiger partial charge in [0, 0.05) is 47.9 Å². The van der Waals surface area contributed by atoms with Crippen LogP contribution < -0.4 is 14.8 Å². The Hall–Kier alpha value is -4.96. The summed E-state index contributed by atoms with van der Waals surface area (Å²) >= 11 is 0. The number of nitrogens with one attached hydrogen (secondary N) is 3. The molecule has 4 heterocycles. The maximum Gasteiger partial charge on any atom is 0.257 e. The number of halogens is 1. The van der Waals surface area contributed by atoms with Gasteiger partial charge in [-0.05, 0) is 99.1 Å². The number of aromatic amines is 2. The zero-order valence-electron chi connectivity index (χ0n) is 28.3. The van der Waals surface area contributed by atoms with E-state index in [-0.39, 0.29) is 17.7 Å². The highest BCUT2D eigenvalue weighted by Gasteiger charge is 2.48. The molecule has 5 aromatic rings. The molecule has 3 atom stereocenters. The second-order valence-corrected chi connectivity index (χ2v) is 13.8. The minimum absolute atomic E-state index is 0.122. The third-order valence-corrected chi connectivity index (χ3v) is 10.4. The van der Waals surface area contributed by atoms with E-state index in [1.54, 1.807) is 6.08 Å². The zero-order valence-corrected chi connectivity index (χ0v) is 28.3. The summed E-state index contributed by atoms with van der Waals surface area (Å²) in [5.41, 5.74) is 7.99. The lowest BCUT2D eigenvalue weighted by molar-refractivity contribution is -0.109. The molecule has 2 unspecified atom stereocenters. The zero-order chi connectivity index (χ0) is 33.9. The van der Waals surface area contributed by atoms with Gasteiger partial charge in [-0.1, -0.05) is 25.1 Å². The van der Waals surface area contributed by atoms with Crippen LogP contribution in [0.1, 0.15) is 72.5 Å². The van der Waals surface area contributed by atoms with Crippen LogP contribution in [-0.4, -0.2) is 49.8 Å². The van der Waals surface area contributed by atoms with Crippen LogP contribution in [-0.2, 0) is 6.54 Å². The van der Waals surface area contributed by atoms with Crippen molar-refractivity contribution >= 4 is 39.1 Å². The Labute approximate surface area is 284 Å². The normalized spacial score (nSPS) is 22.4. The van der Waals surface area contributed by atoms with Crippen molar-refractivity contribution in [2.75, 3.05) is 18.4 Å². The second-order valence-electron chi connectivity index (χ2n) is 13.8. The highest BCUT2D eigenvalue weighted by Crippen LogP contribution is 2.50. The number of nitrogens with zero attached hydrogens (tertiary/aromatic N) is 3. The number of para-hydroxylation sites is 1. The van der Waals surface area contributed by atoms with Crippen LogP contribution in [0.5, 0.6) is 11.5 Å². The molecular weight excluding hydrogens is 619 g/mol. The Bertz CT molecular complexity index is 2160. The number of anilines is 1. The van der Waals surface area contributed by atoms with Crippen molar-refractivity contribution < 1.29 is 18.7 Å². The third kappa shape index (κ3) is 5.77. The lowest BCUT2D eigenvalue weighted by Crippen LogP contribution is -2.44. The quantitative estimate of drug-likeness (QED) is 0.162. The predicted molar refractivity (Wildman–Crippen MR) is 189 cm³/mol. The van der Waals surface area contributed by atoms with Gasteiger partial charge < -0.3 is 19.8 Å². The molecule has 8 rings (SSSR count). The number of amides is 1. The number of hydrogen-bond acceptors (Lipinski definition) is 6. The lowest BCUT2D eigenvalue weighted by atomic mass is 9.82. The largest absolute Gasteiger partial charge is 0.448 e. The van der Waals surface area contributed by atoms with E-state index in [0.29, 0.717) is 35.7 Å². The van der Waals surface area contributed by atoms with Crippen molar-refractivity contribution in [1.82, 2.24) is 25.1 Å². The maximum absolute atomic E-state index is 15.2. The first-order chi connectivity index (χ1) is 23.7. The molecule has 0 bridgehead atoms. The smallest absolute Gasteiger partial charge is 0.257 e. The van der Waals surface area contributed by atoms with Gasteiger partial charge in [0.05, 0.1) is 29.0 Å². The van der Waals surface area contributed by atoms with Gasteiger partial charge in [0.25, 0.3) is 11.7 Å². The number of fused-ring (bicyclic) bond motifs is 3. The first kappa shape index (κ1) is 31.3. The summed E-state index contributed by atoms with van der Waals surface area (Å²) in [6.07, 6.45) is 7.43. The molecule has 9 nitrogen and oxygen atoms in total. The molecule has 0 fully saturated rings. The van der Waals surface area contributed by atoms with E-state index in [4.69, 9.17) is 14.5 Å². The number of hydrogen-bond donors (Lipinski definition) is 3. The monoisotopic (exact) mass is 660 g/mol. The number of imidazole rings is 1. The summed E-state index contributed by atoms with van der Waals surface area (Å²) in [5.74, 6) is 0.760. The van der Waals surface area contributed by atoms with E-state index in [1.165, 1.54) is 5.57 Å². The summed E-state index contributed by atoms with van der Waals surface area (Å²) in [7, 11) is 0. The molecule has 0 saturated carbocycles. The molecule has 0 spiro atoms. The summed E-state index contributed by atoms with van der Waals surface area (Å²) in [4.78, 5) is 23.8. The number of H-pyrrole nitrogens is 2. The summed E-state index contributed by atoms with van der Waals surface area (Å²) < 4.78 is 28.0. The first-order valence-electron chi connectivity index (χ1n) is 17.2. The molecule has 10 heteroatoms. The number of carbonyl (C=O) groups excluding carboxylic acids is 1. The Morgan fingerprint density at radius 2 is 2.02 bits per heavy atom. The average molecular weight is 661 g/mol. The molecule has 3 aliphatic rings. The Morgan fingerprint density at radius 1 is 1.14 bits per heavy atom. The van der Waals surface area contributed by atoms with Gasteiger partial charge in [-0.25, -0.2) is 9.37 Å². The van der Waals surface area contributed by atoms with Gasteiger partial charge in [0.15, 0.2) is 11.5 Å². The fourth-order valence-electron chi connectivity index (χ4n) is 7.59. The molecular formula is C39H41FN6O3. The molecule has 2 aromatic heterocycles. The fourth-order valence-corrected chi connectivity index (χ4v) is 7.59. The van der Waals surface area contributed by atoms with Crippen LogP contribution in [0.25, 0.3) is 27.5 Å².